The minimum atomic E-state index is -3.89. The second-order valence-electron chi connectivity index (χ2n) is 4.90. The van der Waals surface area contributed by atoms with Crippen molar-refractivity contribution in [1.82, 2.24) is 0 Å². The summed E-state index contributed by atoms with van der Waals surface area (Å²) in [5, 5.41) is 0.588. The van der Waals surface area contributed by atoms with Gasteiger partial charge >= 0.3 is 0 Å². The number of para-hydroxylation sites is 2. The van der Waals surface area contributed by atoms with Crippen LogP contribution in [0.2, 0.25) is 0 Å². The molecule has 0 aliphatic carbocycles. The monoisotopic (exact) mass is 331 g/mol. The maximum Gasteiger partial charge on any atom is 0.262 e. The van der Waals surface area contributed by atoms with Gasteiger partial charge in [0.15, 0.2) is 0 Å². The molecule has 0 radical (unpaired) electrons. The molecule has 0 bridgehead atoms. The molecule has 23 heavy (non-hydrogen) atoms. The standard InChI is InChI=1S/C17H14FNO3S/c1-22-16-9-5-4-8-15(16)19-23(20,21)17-11-10-14(18)12-6-2-3-7-13(12)17/h2-11,19H,1H3. The van der Waals surface area contributed by atoms with Crippen molar-refractivity contribution in [2.75, 3.05) is 11.8 Å². The van der Waals surface area contributed by atoms with Crippen molar-refractivity contribution >= 4 is 26.5 Å². The minimum Gasteiger partial charge on any atom is -0.495 e. The highest BCUT2D eigenvalue weighted by Gasteiger charge is 2.20. The Kier molecular flexibility index (Phi) is 3.92. The Morgan fingerprint density at radius 2 is 1.57 bits per heavy atom. The van der Waals surface area contributed by atoms with Crippen LogP contribution in [0.4, 0.5) is 10.1 Å². The number of benzene rings is 3. The van der Waals surface area contributed by atoms with Gasteiger partial charge in [-0.15, -0.1) is 0 Å². The summed E-state index contributed by atoms with van der Waals surface area (Å²) in [7, 11) is -2.43. The number of ether oxygens (including phenoxy) is 1. The fourth-order valence-corrected chi connectivity index (χ4v) is 3.68. The van der Waals surface area contributed by atoms with Crippen LogP contribution in [0.25, 0.3) is 10.8 Å². The molecule has 0 amide bonds. The molecule has 0 aromatic heterocycles. The zero-order valence-electron chi connectivity index (χ0n) is 12.3. The summed E-state index contributed by atoms with van der Waals surface area (Å²) in [5.41, 5.74) is 0.323. The van der Waals surface area contributed by atoms with E-state index >= 15 is 0 Å². The zero-order valence-corrected chi connectivity index (χ0v) is 13.1. The molecule has 4 nitrogen and oxygen atoms in total. The lowest BCUT2D eigenvalue weighted by Gasteiger charge is -2.13. The van der Waals surface area contributed by atoms with Gasteiger partial charge in [0.25, 0.3) is 10.0 Å². The molecular formula is C17H14FNO3S. The maximum absolute atomic E-state index is 13.9. The molecule has 1 N–H and O–H groups in total. The zero-order chi connectivity index (χ0) is 16.4. The van der Waals surface area contributed by atoms with Crippen molar-refractivity contribution in [3.63, 3.8) is 0 Å². The minimum absolute atomic E-state index is 0.0143. The first-order valence-electron chi connectivity index (χ1n) is 6.86. The van der Waals surface area contributed by atoms with E-state index in [0.29, 0.717) is 16.8 Å². The molecule has 0 saturated carbocycles. The molecule has 6 heteroatoms. The molecule has 3 rings (SSSR count). The van der Waals surface area contributed by atoms with Gasteiger partial charge in [0, 0.05) is 10.8 Å². The van der Waals surface area contributed by atoms with Crippen LogP contribution in [-0.4, -0.2) is 15.5 Å². The SMILES string of the molecule is COc1ccccc1NS(=O)(=O)c1ccc(F)c2ccccc12. The Morgan fingerprint density at radius 3 is 2.30 bits per heavy atom. The van der Waals surface area contributed by atoms with Crippen molar-refractivity contribution in [3.05, 3.63) is 66.5 Å². The number of halogens is 1. The van der Waals surface area contributed by atoms with Gasteiger partial charge in [-0.05, 0) is 24.3 Å². The van der Waals surface area contributed by atoms with Crippen LogP contribution in [0.1, 0.15) is 0 Å². The van der Waals surface area contributed by atoms with Crippen molar-refractivity contribution in [1.29, 1.82) is 0 Å². The lowest BCUT2D eigenvalue weighted by molar-refractivity contribution is 0.417. The van der Waals surface area contributed by atoms with E-state index in [9.17, 15) is 12.8 Å². The van der Waals surface area contributed by atoms with E-state index in [-0.39, 0.29) is 10.3 Å². The predicted molar refractivity (Wildman–Crippen MR) is 87.7 cm³/mol. The van der Waals surface area contributed by atoms with E-state index in [1.165, 1.54) is 13.2 Å². The Morgan fingerprint density at radius 1 is 0.913 bits per heavy atom. The highest BCUT2D eigenvalue weighted by molar-refractivity contribution is 7.93. The lowest BCUT2D eigenvalue weighted by atomic mass is 10.1. The average molecular weight is 331 g/mol. The van der Waals surface area contributed by atoms with Gasteiger partial charge in [0.1, 0.15) is 11.6 Å². The molecule has 118 valence electrons. The number of hydrogen-bond acceptors (Lipinski definition) is 3. The van der Waals surface area contributed by atoms with Crippen molar-refractivity contribution in [3.8, 4) is 5.75 Å². The number of nitrogens with one attached hydrogen (secondary N) is 1. The van der Waals surface area contributed by atoms with E-state index in [0.717, 1.165) is 6.07 Å². The Hall–Kier alpha value is -2.60. The van der Waals surface area contributed by atoms with E-state index in [1.54, 1.807) is 48.5 Å². The predicted octanol–water partition coefficient (Wildman–Crippen LogP) is 3.79. The van der Waals surface area contributed by atoms with Crippen molar-refractivity contribution in [2.24, 2.45) is 0 Å². The molecule has 0 fully saturated rings. The first kappa shape index (κ1) is 15.3. The number of methoxy groups -OCH3 is 1. The number of fused-ring (bicyclic) bond motifs is 1. The molecule has 0 atom stereocenters. The highest BCUT2D eigenvalue weighted by atomic mass is 32.2. The second kappa shape index (κ2) is 5.89. The molecule has 3 aromatic carbocycles. The summed E-state index contributed by atoms with van der Waals surface area (Å²) >= 11 is 0. The molecule has 0 unspecified atom stereocenters. The highest BCUT2D eigenvalue weighted by Crippen LogP contribution is 2.30. The first-order chi connectivity index (χ1) is 11.0. The second-order valence-corrected chi connectivity index (χ2v) is 6.55. The van der Waals surface area contributed by atoms with E-state index in [1.807, 2.05) is 0 Å². The van der Waals surface area contributed by atoms with E-state index in [2.05, 4.69) is 4.72 Å². The fraction of sp³-hybridized carbons (Fsp3) is 0.0588. The number of anilines is 1. The number of sulfonamides is 1. The fourth-order valence-electron chi connectivity index (χ4n) is 2.40. The van der Waals surface area contributed by atoms with E-state index in [4.69, 9.17) is 4.74 Å². The average Bonchev–Trinajstić information content (AvgIpc) is 2.55. The van der Waals surface area contributed by atoms with Crippen LogP contribution in [-0.2, 0) is 10.0 Å². The quantitative estimate of drug-likeness (QED) is 0.791. The van der Waals surface area contributed by atoms with Crippen molar-refractivity contribution in [2.45, 2.75) is 4.90 Å². The smallest absolute Gasteiger partial charge is 0.262 e. The van der Waals surface area contributed by atoms with Gasteiger partial charge in [0.05, 0.1) is 17.7 Å². The maximum atomic E-state index is 13.9. The van der Waals surface area contributed by atoms with Crippen LogP contribution in [0.15, 0.2) is 65.6 Å². The number of rotatable bonds is 4. The molecule has 3 aromatic rings. The third-order valence-corrected chi connectivity index (χ3v) is 4.90. The van der Waals surface area contributed by atoms with Crippen LogP contribution in [0.3, 0.4) is 0 Å². The Labute approximate surface area is 133 Å². The van der Waals surface area contributed by atoms with Gasteiger partial charge in [-0.1, -0.05) is 36.4 Å². The van der Waals surface area contributed by atoms with E-state index < -0.39 is 15.8 Å². The summed E-state index contributed by atoms with van der Waals surface area (Å²) in [6.07, 6.45) is 0. The molecule has 0 aliphatic heterocycles. The van der Waals surface area contributed by atoms with Gasteiger partial charge in [-0.2, -0.15) is 0 Å². The summed E-state index contributed by atoms with van der Waals surface area (Å²) in [6.45, 7) is 0. The van der Waals surface area contributed by atoms with Crippen molar-refractivity contribution < 1.29 is 17.5 Å². The third kappa shape index (κ3) is 2.85. The van der Waals surface area contributed by atoms with Gasteiger partial charge in [-0.3, -0.25) is 4.72 Å². The molecule has 0 aliphatic rings. The van der Waals surface area contributed by atoms with Gasteiger partial charge in [0.2, 0.25) is 0 Å². The van der Waals surface area contributed by atoms with Crippen LogP contribution in [0, 0.1) is 5.82 Å². The van der Waals surface area contributed by atoms with Gasteiger partial charge in [-0.25, -0.2) is 12.8 Å². The lowest BCUT2D eigenvalue weighted by Crippen LogP contribution is -2.14. The number of hydrogen-bond donors (Lipinski definition) is 1. The summed E-state index contributed by atoms with van der Waals surface area (Å²) in [4.78, 5) is 0.0143. The molecular weight excluding hydrogens is 317 g/mol. The molecule has 0 saturated heterocycles. The Balaban J connectivity index is 2.12. The first-order valence-corrected chi connectivity index (χ1v) is 8.34. The van der Waals surface area contributed by atoms with Crippen LogP contribution < -0.4 is 9.46 Å². The van der Waals surface area contributed by atoms with Crippen LogP contribution >= 0.6 is 0 Å². The summed E-state index contributed by atoms with van der Waals surface area (Å²) in [6, 6.07) is 15.6. The van der Waals surface area contributed by atoms with Gasteiger partial charge < -0.3 is 4.74 Å². The van der Waals surface area contributed by atoms with Crippen LogP contribution in [0.5, 0.6) is 5.75 Å². The topological polar surface area (TPSA) is 55.4 Å². The normalized spacial score (nSPS) is 11.4. The summed E-state index contributed by atoms with van der Waals surface area (Å²) < 4.78 is 46.9. The summed E-state index contributed by atoms with van der Waals surface area (Å²) in [5.74, 6) is -0.0562. The third-order valence-electron chi connectivity index (χ3n) is 3.47. The Bertz CT molecular complexity index is 970. The molecule has 0 heterocycles. The molecule has 0 spiro atoms. The largest absolute Gasteiger partial charge is 0.495 e.